The van der Waals surface area contributed by atoms with E-state index in [2.05, 4.69) is 27.4 Å². The number of hydrogen-bond acceptors (Lipinski definition) is 4. The van der Waals surface area contributed by atoms with Crippen LogP contribution in [0.15, 0.2) is 4.99 Å². The molecule has 0 bridgehead atoms. The summed E-state index contributed by atoms with van der Waals surface area (Å²) in [6, 6.07) is 0.612. The molecule has 0 amide bonds. The monoisotopic (exact) mass is 468 g/mol. The summed E-state index contributed by atoms with van der Waals surface area (Å²) in [7, 11) is 1.83. The van der Waals surface area contributed by atoms with Gasteiger partial charge >= 0.3 is 0 Å². The van der Waals surface area contributed by atoms with Gasteiger partial charge in [0.25, 0.3) is 0 Å². The molecule has 6 nitrogen and oxygen atoms in total. The second-order valence-corrected chi connectivity index (χ2v) is 6.75. The molecule has 0 radical (unpaired) electrons. The van der Waals surface area contributed by atoms with Crippen molar-refractivity contribution in [2.75, 3.05) is 53.0 Å². The Morgan fingerprint density at radius 3 is 2.72 bits per heavy atom. The summed E-state index contributed by atoms with van der Waals surface area (Å²) >= 11 is 0. The number of ether oxygens (including phenoxy) is 2. The molecular weight excluding hydrogens is 431 g/mol. The fourth-order valence-electron chi connectivity index (χ4n) is 3.45. The Balaban J connectivity index is 0.00000312. The quantitative estimate of drug-likeness (QED) is 0.223. The molecular formula is C18H37IN4O2. The highest BCUT2D eigenvalue weighted by Gasteiger charge is 2.20. The van der Waals surface area contributed by atoms with Crippen LogP contribution in [0.25, 0.3) is 0 Å². The first-order chi connectivity index (χ1) is 11.8. The molecule has 2 unspecified atom stereocenters. The minimum Gasteiger partial charge on any atom is -0.379 e. The maximum absolute atomic E-state index is 5.68. The van der Waals surface area contributed by atoms with E-state index < -0.39 is 0 Å². The molecule has 2 aliphatic heterocycles. The van der Waals surface area contributed by atoms with E-state index in [1.807, 2.05) is 7.05 Å². The van der Waals surface area contributed by atoms with Gasteiger partial charge in [-0.3, -0.25) is 9.89 Å². The van der Waals surface area contributed by atoms with Crippen LogP contribution in [0, 0.1) is 0 Å². The molecule has 0 aromatic heterocycles. The smallest absolute Gasteiger partial charge is 0.191 e. The van der Waals surface area contributed by atoms with E-state index in [0.29, 0.717) is 12.1 Å². The first kappa shape index (κ1) is 22.9. The van der Waals surface area contributed by atoms with Crippen LogP contribution in [0.2, 0.25) is 0 Å². The van der Waals surface area contributed by atoms with Crippen molar-refractivity contribution in [3.63, 3.8) is 0 Å². The van der Waals surface area contributed by atoms with Gasteiger partial charge in [-0.25, -0.2) is 0 Å². The van der Waals surface area contributed by atoms with Crippen molar-refractivity contribution in [2.24, 2.45) is 4.99 Å². The van der Waals surface area contributed by atoms with Gasteiger partial charge in [-0.05, 0) is 51.6 Å². The molecule has 25 heavy (non-hydrogen) atoms. The molecule has 2 fully saturated rings. The Hall–Kier alpha value is -0.120. The maximum Gasteiger partial charge on any atom is 0.191 e. The molecule has 2 aliphatic rings. The van der Waals surface area contributed by atoms with Crippen molar-refractivity contribution in [2.45, 2.75) is 57.6 Å². The third-order valence-electron chi connectivity index (χ3n) is 4.94. The summed E-state index contributed by atoms with van der Waals surface area (Å²) in [4.78, 5) is 6.91. The van der Waals surface area contributed by atoms with Crippen LogP contribution in [0.4, 0.5) is 0 Å². The zero-order valence-electron chi connectivity index (χ0n) is 16.0. The highest BCUT2D eigenvalue weighted by molar-refractivity contribution is 14.0. The lowest BCUT2D eigenvalue weighted by atomic mass is 10.2. The minimum absolute atomic E-state index is 0. The van der Waals surface area contributed by atoms with Gasteiger partial charge in [0.2, 0.25) is 0 Å². The fraction of sp³-hybridized carbons (Fsp3) is 0.944. The molecule has 2 rings (SSSR count). The first-order valence-electron chi connectivity index (χ1n) is 9.71. The van der Waals surface area contributed by atoms with Crippen molar-refractivity contribution in [1.82, 2.24) is 15.5 Å². The van der Waals surface area contributed by atoms with E-state index in [4.69, 9.17) is 9.47 Å². The number of nitrogens with one attached hydrogen (secondary N) is 2. The van der Waals surface area contributed by atoms with Crippen molar-refractivity contribution < 1.29 is 9.47 Å². The van der Waals surface area contributed by atoms with Gasteiger partial charge in [0.15, 0.2) is 5.96 Å². The molecule has 148 valence electrons. The lowest BCUT2D eigenvalue weighted by Gasteiger charge is -2.27. The van der Waals surface area contributed by atoms with Gasteiger partial charge in [0.05, 0.1) is 12.7 Å². The summed E-state index contributed by atoms with van der Waals surface area (Å²) in [6.45, 7) is 9.01. The van der Waals surface area contributed by atoms with Crippen LogP contribution in [-0.4, -0.2) is 76.1 Å². The van der Waals surface area contributed by atoms with Crippen molar-refractivity contribution in [3.05, 3.63) is 0 Å². The molecule has 0 aliphatic carbocycles. The SMILES string of the molecule is CCC(CNC(=NC)NCCCOCC1CCCO1)N1CCCC1.I. The maximum atomic E-state index is 5.68. The number of halogens is 1. The van der Waals surface area contributed by atoms with E-state index >= 15 is 0 Å². The molecule has 0 saturated carbocycles. The predicted octanol–water partition coefficient (Wildman–Crippen LogP) is 2.23. The van der Waals surface area contributed by atoms with Crippen LogP contribution in [0.1, 0.15) is 45.4 Å². The molecule has 7 heteroatoms. The van der Waals surface area contributed by atoms with Gasteiger partial charge in [-0.2, -0.15) is 0 Å². The Labute approximate surface area is 170 Å². The fourth-order valence-corrected chi connectivity index (χ4v) is 3.45. The normalized spacial score (nSPS) is 22.6. The van der Waals surface area contributed by atoms with Crippen molar-refractivity contribution in [3.8, 4) is 0 Å². The Morgan fingerprint density at radius 2 is 2.08 bits per heavy atom. The average molecular weight is 468 g/mol. The molecule has 2 N–H and O–H groups in total. The molecule has 2 atom stereocenters. The van der Waals surface area contributed by atoms with E-state index in [9.17, 15) is 0 Å². The summed E-state index contributed by atoms with van der Waals surface area (Å²) in [5.41, 5.74) is 0. The largest absolute Gasteiger partial charge is 0.379 e. The van der Waals surface area contributed by atoms with Crippen molar-refractivity contribution in [1.29, 1.82) is 0 Å². The zero-order valence-corrected chi connectivity index (χ0v) is 18.3. The van der Waals surface area contributed by atoms with Crippen molar-refractivity contribution >= 4 is 29.9 Å². The number of likely N-dealkylation sites (tertiary alicyclic amines) is 1. The van der Waals surface area contributed by atoms with Gasteiger partial charge in [-0.1, -0.05) is 6.92 Å². The molecule has 0 spiro atoms. The molecule has 2 heterocycles. The number of nitrogens with zero attached hydrogens (tertiary/aromatic N) is 2. The van der Waals surface area contributed by atoms with Gasteiger partial charge in [0.1, 0.15) is 0 Å². The second kappa shape index (κ2) is 14.0. The third-order valence-corrected chi connectivity index (χ3v) is 4.94. The van der Waals surface area contributed by atoms with Gasteiger partial charge in [-0.15, -0.1) is 24.0 Å². The third kappa shape index (κ3) is 8.88. The Morgan fingerprint density at radius 1 is 1.28 bits per heavy atom. The predicted molar refractivity (Wildman–Crippen MR) is 114 cm³/mol. The van der Waals surface area contributed by atoms with Gasteiger partial charge < -0.3 is 20.1 Å². The van der Waals surface area contributed by atoms with Crippen LogP contribution >= 0.6 is 24.0 Å². The summed E-state index contributed by atoms with van der Waals surface area (Å²) < 4.78 is 11.2. The first-order valence-corrected chi connectivity index (χ1v) is 9.71. The highest BCUT2D eigenvalue weighted by atomic mass is 127. The summed E-state index contributed by atoms with van der Waals surface area (Å²) in [5, 5.41) is 6.85. The molecule has 0 aromatic rings. The van der Waals surface area contributed by atoms with Crippen LogP contribution in [0.5, 0.6) is 0 Å². The highest BCUT2D eigenvalue weighted by Crippen LogP contribution is 2.13. The van der Waals surface area contributed by atoms with E-state index in [0.717, 1.165) is 51.7 Å². The lowest BCUT2D eigenvalue weighted by molar-refractivity contribution is 0.0168. The minimum atomic E-state index is 0. The number of aliphatic imine (C=N–C) groups is 1. The Kier molecular flexibility index (Phi) is 12.8. The van der Waals surface area contributed by atoms with E-state index in [1.165, 1.54) is 38.8 Å². The summed E-state index contributed by atoms with van der Waals surface area (Å²) in [5.74, 6) is 0.895. The topological polar surface area (TPSA) is 58.1 Å². The molecule has 2 saturated heterocycles. The van der Waals surface area contributed by atoms with E-state index in [1.54, 1.807) is 0 Å². The van der Waals surface area contributed by atoms with Crippen LogP contribution in [-0.2, 0) is 9.47 Å². The van der Waals surface area contributed by atoms with Crippen LogP contribution in [0.3, 0.4) is 0 Å². The molecule has 0 aromatic carbocycles. The van der Waals surface area contributed by atoms with E-state index in [-0.39, 0.29) is 24.0 Å². The lowest BCUT2D eigenvalue weighted by Crippen LogP contribution is -2.46. The zero-order chi connectivity index (χ0) is 17.0. The van der Waals surface area contributed by atoms with Crippen LogP contribution < -0.4 is 10.6 Å². The number of hydrogen-bond donors (Lipinski definition) is 2. The average Bonchev–Trinajstić information content (AvgIpc) is 3.30. The number of guanidine groups is 1. The second-order valence-electron chi connectivity index (χ2n) is 6.75. The van der Waals surface area contributed by atoms with Gasteiger partial charge in [0, 0.05) is 39.4 Å². The summed E-state index contributed by atoms with van der Waals surface area (Å²) in [6.07, 6.45) is 7.49. The standard InChI is InChI=1S/C18H36N4O2.HI/c1-3-16(22-10-4-5-11-22)14-21-18(19-2)20-9-7-12-23-15-17-8-6-13-24-17;/h16-17H,3-15H2,1-2H3,(H2,19,20,21);1H. The Bertz CT molecular complexity index is 359. The number of rotatable bonds is 10.